The Labute approximate surface area is 338 Å². The molecule has 0 aliphatic carbocycles. The van der Waals surface area contributed by atoms with Crippen LogP contribution in [0.5, 0.6) is 0 Å². The maximum atomic E-state index is 2.38. The van der Waals surface area contributed by atoms with Crippen molar-refractivity contribution in [1.29, 1.82) is 0 Å². The van der Waals surface area contributed by atoms with Crippen LogP contribution in [0.15, 0.2) is 231 Å². The van der Waals surface area contributed by atoms with Gasteiger partial charge in [-0.05, 0) is 128 Å². The summed E-state index contributed by atoms with van der Waals surface area (Å²) in [5.74, 6) is 0. The molecule has 0 spiro atoms. The van der Waals surface area contributed by atoms with Crippen LogP contribution in [0.3, 0.4) is 0 Å². The number of fused-ring (bicyclic) bond motifs is 5. The third-order valence-electron chi connectivity index (χ3n) is 11.6. The molecule has 0 N–H and O–H groups in total. The quantitative estimate of drug-likeness (QED) is 0.158. The van der Waals surface area contributed by atoms with Gasteiger partial charge in [0.15, 0.2) is 0 Å². The summed E-state index contributed by atoms with van der Waals surface area (Å²) in [5.41, 5.74) is 14.0. The fourth-order valence-corrected chi connectivity index (χ4v) is 8.62. The first-order chi connectivity index (χ1) is 28.7. The second kappa shape index (κ2) is 14.1. The monoisotopic (exact) mass is 738 g/mol. The largest absolute Gasteiger partial charge is 0.311 e. The summed E-state index contributed by atoms with van der Waals surface area (Å²) in [6.07, 6.45) is 0. The molecule has 0 radical (unpaired) electrons. The summed E-state index contributed by atoms with van der Waals surface area (Å²) >= 11 is 0. The zero-order valence-electron chi connectivity index (χ0n) is 31.8. The molecule has 10 aromatic carbocycles. The van der Waals surface area contributed by atoms with Crippen molar-refractivity contribution in [2.45, 2.75) is 0 Å². The van der Waals surface area contributed by atoms with E-state index in [4.69, 9.17) is 0 Å². The van der Waals surface area contributed by atoms with Crippen LogP contribution >= 0.6 is 0 Å². The van der Waals surface area contributed by atoms with E-state index in [0.717, 1.165) is 22.7 Å². The van der Waals surface area contributed by atoms with E-state index in [1.165, 1.54) is 76.7 Å². The Hall–Kier alpha value is -7.68. The number of hydrogen-bond acceptors (Lipinski definition) is 1. The Kier molecular flexibility index (Phi) is 8.19. The molecule has 0 unspecified atom stereocenters. The van der Waals surface area contributed by atoms with E-state index in [9.17, 15) is 0 Å². The zero-order chi connectivity index (χ0) is 38.4. The van der Waals surface area contributed by atoms with Gasteiger partial charge >= 0.3 is 0 Å². The first kappa shape index (κ1) is 33.6. The van der Waals surface area contributed by atoms with Crippen LogP contribution < -0.4 is 4.90 Å². The molecule has 0 amide bonds. The van der Waals surface area contributed by atoms with Crippen LogP contribution in [-0.4, -0.2) is 4.57 Å². The Morgan fingerprint density at radius 1 is 0.259 bits per heavy atom. The van der Waals surface area contributed by atoms with Gasteiger partial charge < -0.3 is 9.47 Å². The molecule has 0 fully saturated rings. The first-order valence-corrected chi connectivity index (χ1v) is 19.9. The van der Waals surface area contributed by atoms with Gasteiger partial charge in [-0.15, -0.1) is 0 Å². The number of aromatic nitrogens is 1. The van der Waals surface area contributed by atoms with E-state index in [0.29, 0.717) is 0 Å². The van der Waals surface area contributed by atoms with Crippen LogP contribution in [0.4, 0.5) is 17.1 Å². The predicted octanol–water partition coefficient (Wildman–Crippen LogP) is 15.6. The molecule has 0 atom stereocenters. The predicted molar refractivity (Wildman–Crippen MR) is 247 cm³/mol. The third kappa shape index (κ3) is 6.00. The first-order valence-electron chi connectivity index (χ1n) is 19.9. The Morgan fingerprint density at radius 2 is 0.638 bits per heavy atom. The van der Waals surface area contributed by atoms with E-state index in [1.807, 2.05) is 0 Å². The zero-order valence-corrected chi connectivity index (χ0v) is 31.8. The summed E-state index contributed by atoms with van der Waals surface area (Å²) in [6, 6.07) is 83.7. The molecule has 2 nitrogen and oxygen atoms in total. The molecule has 0 saturated heterocycles. The van der Waals surface area contributed by atoms with Gasteiger partial charge in [0, 0.05) is 33.5 Å². The molecule has 1 heterocycles. The molecule has 58 heavy (non-hydrogen) atoms. The number of nitrogens with zero attached hydrogens (tertiary/aromatic N) is 2. The highest BCUT2D eigenvalue weighted by Crippen LogP contribution is 2.39. The summed E-state index contributed by atoms with van der Waals surface area (Å²) in [5, 5.41) is 7.54. The molecular weight excluding hydrogens is 701 g/mol. The fraction of sp³-hybridized carbons (Fsp3) is 0. The van der Waals surface area contributed by atoms with Crippen LogP contribution in [0.25, 0.3) is 82.4 Å². The van der Waals surface area contributed by atoms with Gasteiger partial charge in [-0.25, -0.2) is 0 Å². The Morgan fingerprint density at radius 3 is 1.10 bits per heavy atom. The maximum absolute atomic E-state index is 2.38. The highest BCUT2D eigenvalue weighted by Gasteiger charge is 2.16. The Balaban J connectivity index is 0.963. The maximum Gasteiger partial charge on any atom is 0.0541 e. The number of hydrogen-bond donors (Lipinski definition) is 0. The Bertz CT molecular complexity index is 3090. The SMILES string of the molecule is c1cc(-c2ccc(N(c3ccc(-c4ccc5ccccc5c4)cc3)c3ccc(-c4ccc5ccccc5c4)cc3)cc2)cc(-n2c3ccccc3c3ccccc32)c1. The lowest BCUT2D eigenvalue weighted by Crippen LogP contribution is -2.09. The molecule has 0 bridgehead atoms. The second-order valence-corrected chi connectivity index (χ2v) is 15.0. The van der Waals surface area contributed by atoms with Crippen molar-refractivity contribution in [3.8, 4) is 39.1 Å². The molecule has 272 valence electrons. The molecule has 11 aromatic rings. The molecule has 1 aromatic heterocycles. The minimum atomic E-state index is 1.10. The van der Waals surface area contributed by atoms with Crippen molar-refractivity contribution in [3.63, 3.8) is 0 Å². The van der Waals surface area contributed by atoms with Gasteiger partial charge in [0.05, 0.1) is 11.0 Å². The van der Waals surface area contributed by atoms with Crippen molar-refractivity contribution in [2.75, 3.05) is 4.90 Å². The van der Waals surface area contributed by atoms with Crippen LogP contribution in [0, 0.1) is 0 Å². The molecular formula is C56H38N2. The van der Waals surface area contributed by atoms with Gasteiger partial charge in [-0.2, -0.15) is 0 Å². The van der Waals surface area contributed by atoms with Crippen molar-refractivity contribution < 1.29 is 0 Å². The average Bonchev–Trinajstić information content (AvgIpc) is 3.64. The lowest BCUT2D eigenvalue weighted by molar-refractivity contribution is 1.18. The summed E-state index contributed by atoms with van der Waals surface area (Å²) in [7, 11) is 0. The molecule has 2 heteroatoms. The van der Waals surface area contributed by atoms with Crippen LogP contribution in [0.1, 0.15) is 0 Å². The fourth-order valence-electron chi connectivity index (χ4n) is 8.62. The molecule has 0 saturated carbocycles. The smallest absolute Gasteiger partial charge is 0.0541 e. The van der Waals surface area contributed by atoms with E-state index < -0.39 is 0 Å². The second-order valence-electron chi connectivity index (χ2n) is 15.0. The van der Waals surface area contributed by atoms with Crippen LogP contribution in [-0.2, 0) is 0 Å². The number of benzene rings is 10. The molecule has 0 aliphatic heterocycles. The van der Waals surface area contributed by atoms with Crippen LogP contribution in [0.2, 0.25) is 0 Å². The standard InChI is InChI=1S/C56H38N2/c1-3-12-44-36-47(22-20-39(44)10-1)42-26-32-50(33-27-42)57(51-34-28-43(29-35-51)48-23-21-40-11-2-4-13-45(40)37-48)49-30-24-41(25-31-49)46-14-9-15-52(38-46)58-55-18-7-5-16-53(55)54-17-6-8-19-56(54)58/h1-38H. The van der Waals surface area contributed by atoms with Crippen molar-refractivity contribution in [1.82, 2.24) is 4.57 Å². The highest BCUT2D eigenvalue weighted by molar-refractivity contribution is 6.09. The summed E-state index contributed by atoms with van der Waals surface area (Å²) < 4.78 is 2.38. The van der Waals surface area contributed by atoms with E-state index >= 15 is 0 Å². The lowest BCUT2D eigenvalue weighted by atomic mass is 10.00. The highest BCUT2D eigenvalue weighted by atomic mass is 15.1. The van der Waals surface area contributed by atoms with Gasteiger partial charge in [0.25, 0.3) is 0 Å². The van der Waals surface area contributed by atoms with Gasteiger partial charge in [0.1, 0.15) is 0 Å². The van der Waals surface area contributed by atoms with E-state index in [-0.39, 0.29) is 0 Å². The minimum absolute atomic E-state index is 1.10. The number of rotatable bonds is 7. The summed E-state index contributed by atoms with van der Waals surface area (Å²) in [6.45, 7) is 0. The molecule has 11 rings (SSSR count). The topological polar surface area (TPSA) is 8.17 Å². The van der Waals surface area contributed by atoms with Crippen molar-refractivity contribution in [3.05, 3.63) is 231 Å². The van der Waals surface area contributed by atoms with Crippen molar-refractivity contribution in [2.24, 2.45) is 0 Å². The van der Waals surface area contributed by atoms with Crippen molar-refractivity contribution >= 4 is 60.4 Å². The van der Waals surface area contributed by atoms with E-state index in [2.05, 4.69) is 240 Å². The number of anilines is 3. The minimum Gasteiger partial charge on any atom is -0.311 e. The van der Waals surface area contributed by atoms with Gasteiger partial charge in [-0.1, -0.05) is 158 Å². The third-order valence-corrected chi connectivity index (χ3v) is 11.6. The number of para-hydroxylation sites is 2. The van der Waals surface area contributed by atoms with E-state index in [1.54, 1.807) is 0 Å². The normalized spacial score (nSPS) is 11.4. The lowest BCUT2D eigenvalue weighted by Gasteiger charge is -2.26. The average molecular weight is 739 g/mol. The summed E-state index contributed by atoms with van der Waals surface area (Å²) in [4.78, 5) is 2.35. The van der Waals surface area contributed by atoms with Gasteiger partial charge in [0.2, 0.25) is 0 Å². The van der Waals surface area contributed by atoms with Gasteiger partial charge in [-0.3, -0.25) is 0 Å². The molecule has 0 aliphatic rings.